The third-order valence-corrected chi connectivity index (χ3v) is 5.38. The number of carbonyl (C=O) groups excluding carboxylic acids is 2. The summed E-state index contributed by atoms with van der Waals surface area (Å²) in [5.74, 6) is -0.911. The van der Waals surface area contributed by atoms with E-state index in [-0.39, 0.29) is 23.2 Å². The molecule has 0 saturated carbocycles. The third-order valence-electron chi connectivity index (χ3n) is 5.38. The number of rotatable bonds is 4. The molecule has 0 bridgehead atoms. The monoisotopic (exact) mass is 424 g/mol. The van der Waals surface area contributed by atoms with Crippen LogP contribution in [-0.4, -0.2) is 45.0 Å². The lowest BCUT2D eigenvalue weighted by Crippen LogP contribution is -2.56. The molecule has 9 heteroatoms. The van der Waals surface area contributed by atoms with E-state index in [1.54, 1.807) is 38.1 Å². The fourth-order valence-corrected chi connectivity index (χ4v) is 3.93. The molecule has 1 aliphatic heterocycles. The van der Waals surface area contributed by atoms with E-state index in [9.17, 15) is 14.6 Å². The van der Waals surface area contributed by atoms with Gasteiger partial charge in [-0.05, 0) is 54.9 Å². The summed E-state index contributed by atoms with van der Waals surface area (Å²) in [6, 6.07) is 6.57. The Morgan fingerprint density at radius 2 is 1.87 bits per heavy atom. The second-order valence-electron chi connectivity index (χ2n) is 8.96. The molecular formula is C22H29BN4O4. The van der Waals surface area contributed by atoms with Crippen LogP contribution in [0, 0.1) is 19.3 Å². The van der Waals surface area contributed by atoms with Gasteiger partial charge in [-0.25, -0.2) is 15.0 Å². The Hall–Kier alpha value is -2.78. The standard InChI is InChI=1S/C22H29BN4O4/c1-7-18(22(4,5)6)27(26-20(28)19-24-13(2)10-14(3)25-19)21(29)15-8-9-16-12-31-23(30)17(16)11-15/h8-11,18,30H,7,12H2,1-6H3,(H,26,28). The van der Waals surface area contributed by atoms with Crippen LogP contribution in [0.2, 0.25) is 0 Å². The Balaban J connectivity index is 1.97. The predicted octanol–water partition coefficient (Wildman–Crippen LogP) is 1.92. The average Bonchev–Trinajstić information content (AvgIpc) is 3.05. The Morgan fingerprint density at radius 1 is 1.23 bits per heavy atom. The summed E-state index contributed by atoms with van der Waals surface area (Å²) in [5, 5.41) is 11.4. The Morgan fingerprint density at radius 3 is 2.45 bits per heavy atom. The van der Waals surface area contributed by atoms with E-state index in [4.69, 9.17) is 4.65 Å². The minimum Gasteiger partial charge on any atom is -0.423 e. The first-order valence-electron chi connectivity index (χ1n) is 10.4. The summed E-state index contributed by atoms with van der Waals surface area (Å²) in [5.41, 5.74) is 5.55. The number of carbonyl (C=O) groups is 2. The van der Waals surface area contributed by atoms with Crippen molar-refractivity contribution in [1.29, 1.82) is 0 Å². The molecule has 1 aromatic heterocycles. The molecule has 31 heavy (non-hydrogen) atoms. The van der Waals surface area contributed by atoms with Gasteiger partial charge < -0.3 is 9.68 Å². The number of nitrogens with zero attached hydrogens (tertiary/aromatic N) is 3. The van der Waals surface area contributed by atoms with E-state index in [1.807, 2.05) is 27.7 Å². The molecule has 0 radical (unpaired) electrons. The van der Waals surface area contributed by atoms with Crippen LogP contribution in [0.25, 0.3) is 0 Å². The number of aryl methyl sites for hydroxylation is 2. The Labute approximate surface area is 183 Å². The molecule has 2 N–H and O–H groups in total. The van der Waals surface area contributed by atoms with Gasteiger partial charge in [0.25, 0.3) is 5.91 Å². The molecule has 2 heterocycles. The van der Waals surface area contributed by atoms with Crippen molar-refractivity contribution >= 4 is 24.4 Å². The van der Waals surface area contributed by atoms with Crippen molar-refractivity contribution in [3.8, 4) is 0 Å². The zero-order valence-electron chi connectivity index (χ0n) is 18.9. The largest absolute Gasteiger partial charge is 0.491 e. The maximum absolute atomic E-state index is 13.5. The van der Waals surface area contributed by atoms with E-state index >= 15 is 0 Å². The first-order chi connectivity index (χ1) is 14.5. The smallest absolute Gasteiger partial charge is 0.423 e. The number of amides is 2. The van der Waals surface area contributed by atoms with Crippen molar-refractivity contribution in [3.05, 3.63) is 52.6 Å². The summed E-state index contributed by atoms with van der Waals surface area (Å²) in [7, 11) is -1.06. The summed E-state index contributed by atoms with van der Waals surface area (Å²) in [4.78, 5) is 35.0. The van der Waals surface area contributed by atoms with E-state index in [1.165, 1.54) is 5.01 Å². The molecule has 1 unspecified atom stereocenters. The zero-order valence-corrected chi connectivity index (χ0v) is 18.9. The van der Waals surface area contributed by atoms with Gasteiger partial charge in [0.05, 0.1) is 12.6 Å². The van der Waals surface area contributed by atoms with Crippen molar-refractivity contribution < 1.29 is 19.3 Å². The van der Waals surface area contributed by atoms with E-state index < -0.39 is 13.0 Å². The van der Waals surface area contributed by atoms with Crippen molar-refractivity contribution in [2.75, 3.05) is 0 Å². The highest BCUT2D eigenvalue weighted by molar-refractivity contribution is 6.61. The fraction of sp³-hybridized carbons (Fsp3) is 0.455. The molecule has 0 aliphatic carbocycles. The van der Waals surface area contributed by atoms with E-state index in [0.717, 1.165) is 5.56 Å². The van der Waals surface area contributed by atoms with Gasteiger partial charge in [-0.15, -0.1) is 0 Å². The molecule has 0 fully saturated rings. The number of hydrogen-bond acceptors (Lipinski definition) is 6. The van der Waals surface area contributed by atoms with Crippen LogP contribution in [-0.2, 0) is 11.3 Å². The average molecular weight is 424 g/mol. The SMILES string of the molecule is CCC(N(NC(=O)c1nc(C)cc(C)n1)C(=O)c1ccc2c(c1)B(O)OC2)C(C)(C)C. The number of hydrogen-bond donors (Lipinski definition) is 2. The van der Waals surface area contributed by atoms with Crippen molar-refractivity contribution in [3.63, 3.8) is 0 Å². The first-order valence-corrected chi connectivity index (χ1v) is 10.4. The van der Waals surface area contributed by atoms with Crippen LogP contribution >= 0.6 is 0 Å². The van der Waals surface area contributed by atoms with Crippen LogP contribution in [0.1, 0.15) is 72.0 Å². The molecule has 2 amide bonds. The quantitative estimate of drug-likeness (QED) is 0.574. The van der Waals surface area contributed by atoms with Crippen molar-refractivity contribution in [2.24, 2.45) is 5.41 Å². The lowest BCUT2D eigenvalue weighted by molar-refractivity contribution is 0.0281. The zero-order chi connectivity index (χ0) is 22.9. The molecular weight excluding hydrogens is 395 g/mol. The van der Waals surface area contributed by atoms with E-state index in [2.05, 4.69) is 15.4 Å². The van der Waals surface area contributed by atoms with Crippen LogP contribution in [0.4, 0.5) is 0 Å². The van der Waals surface area contributed by atoms with Gasteiger partial charge >= 0.3 is 13.0 Å². The maximum atomic E-state index is 13.5. The topological polar surface area (TPSA) is 105 Å². The second-order valence-corrected chi connectivity index (χ2v) is 8.96. The summed E-state index contributed by atoms with van der Waals surface area (Å²) in [6.45, 7) is 11.9. The summed E-state index contributed by atoms with van der Waals surface area (Å²) >= 11 is 0. The minimum atomic E-state index is -1.06. The fourth-order valence-electron chi connectivity index (χ4n) is 3.93. The highest BCUT2D eigenvalue weighted by Gasteiger charge is 2.36. The molecule has 164 valence electrons. The van der Waals surface area contributed by atoms with Gasteiger partial charge in [0, 0.05) is 17.0 Å². The molecule has 1 aliphatic rings. The molecule has 3 rings (SSSR count). The van der Waals surface area contributed by atoms with Crippen LogP contribution < -0.4 is 10.9 Å². The van der Waals surface area contributed by atoms with Crippen molar-refractivity contribution in [2.45, 2.75) is 60.6 Å². The van der Waals surface area contributed by atoms with Gasteiger partial charge in [-0.1, -0.05) is 33.8 Å². The number of aromatic nitrogens is 2. The van der Waals surface area contributed by atoms with Crippen LogP contribution in [0.5, 0.6) is 0 Å². The lowest BCUT2D eigenvalue weighted by atomic mass is 9.78. The Kier molecular flexibility index (Phi) is 6.47. The number of benzene rings is 1. The second kappa shape index (κ2) is 8.76. The Bertz CT molecular complexity index is 985. The molecule has 8 nitrogen and oxygen atoms in total. The van der Waals surface area contributed by atoms with Gasteiger partial charge in [0.15, 0.2) is 0 Å². The molecule has 2 aromatic rings. The van der Waals surface area contributed by atoms with Gasteiger partial charge in [0.1, 0.15) is 0 Å². The number of nitrogens with one attached hydrogen (secondary N) is 1. The van der Waals surface area contributed by atoms with Gasteiger partial charge in [-0.3, -0.25) is 15.0 Å². The number of fused-ring (bicyclic) bond motifs is 1. The maximum Gasteiger partial charge on any atom is 0.491 e. The normalized spacial score (nSPS) is 14.2. The van der Waals surface area contributed by atoms with Crippen LogP contribution in [0.3, 0.4) is 0 Å². The predicted molar refractivity (Wildman–Crippen MR) is 118 cm³/mol. The van der Waals surface area contributed by atoms with Gasteiger partial charge in [0.2, 0.25) is 5.82 Å². The summed E-state index contributed by atoms with van der Waals surface area (Å²) < 4.78 is 5.23. The third kappa shape index (κ3) is 4.94. The highest BCUT2D eigenvalue weighted by Crippen LogP contribution is 2.27. The highest BCUT2D eigenvalue weighted by atomic mass is 16.5. The van der Waals surface area contributed by atoms with Gasteiger partial charge in [-0.2, -0.15) is 0 Å². The minimum absolute atomic E-state index is 0.0110. The van der Waals surface area contributed by atoms with E-state index in [0.29, 0.717) is 35.4 Å². The molecule has 0 saturated heterocycles. The first kappa shape index (κ1) is 22.9. The molecule has 1 aromatic carbocycles. The molecule has 1 atom stereocenters. The lowest BCUT2D eigenvalue weighted by Gasteiger charge is -2.39. The van der Waals surface area contributed by atoms with Crippen molar-refractivity contribution in [1.82, 2.24) is 20.4 Å². The van der Waals surface area contributed by atoms with Crippen LogP contribution in [0.15, 0.2) is 24.3 Å². The number of hydrazine groups is 1. The summed E-state index contributed by atoms with van der Waals surface area (Å²) in [6.07, 6.45) is 0.625. The molecule has 0 spiro atoms.